The average Bonchev–Trinajstić information content (AvgIpc) is 2.55. The first-order valence-electron chi connectivity index (χ1n) is 6.78. The number of rotatable bonds is 0. The van der Waals surface area contributed by atoms with Crippen LogP contribution in [0.2, 0.25) is 0 Å². The smallest absolute Gasteiger partial charge is 0.0518 e. The van der Waals surface area contributed by atoms with Gasteiger partial charge in [-0.2, -0.15) is 0 Å². The topological polar surface area (TPSA) is 17.0 Å². The summed E-state index contributed by atoms with van der Waals surface area (Å²) in [6.07, 6.45) is 5.08. The Morgan fingerprint density at radius 3 is 3.12 bits per heavy atom. The second-order valence-electron chi connectivity index (χ2n) is 5.27. The molecule has 17 heavy (non-hydrogen) atoms. The molecule has 4 rings (SSSR count). The van der Waals surface area contributed by atoms with Crippen LogP contribution in [0.3, 0.4) is 0 Å². The molecule has 0 saturated carbocycles. The minimum atomic E-state index is 1.06. The Hall–Kier alpha value is -1.28. The van der Waals surface area contributed by atoms with Crippen LogP contribution in [0.5, 0.6) is 0 Å². The van der Waals surface area contributed by atoms with Crippen molar-refractivity contribution in [3.63, 3.8) is 0 Å². The molecule has 0 spiro atoms. The molecule has 2 aromatic rings. The van der Waals surface area contributed by atoms with Crippen molar-refractivity contribution in [1.82, 2.24) is 9.88 Å². The molecule has 0 bridgehead atoms. The predicted octanol–water partition coefficient (Wildman–Crippen LogP) is 2.62. The fourth-order valence-corrected chi connectivity index (χ4v) is 3.56. The van der Waals surface area contributed by atoms with E-state index in [0.29, 0.717) is 0 Å². The predicted molar refractivity (Wildman–Crippen MR) is 70.3 cm³/mol. The lowest BCUT2D eigenvalue weighted by Crippen LogP contribution is -2.17. The number of hydrogen-bond acceptors (Lipinski definition) is 1. The summed E-state index contributed by atoms with van der Waals surface area (Å²) in [5.74, 6) is 0. The highest BCUT2D eigenvalue weighted by Gasteiger charge is 2.22. The summed E-state index contributed by atoms with van der Waals surface area (Å²) in [6.45, 7) is 3.43. The van der Waals surface area contributed by atoms with Gasteiger partial charge in [0.1, 0.15) is 0 Å². The van der Waals surface area contributed by atoms with Gasteiger partial charge < -0.3 is 9.88 Å². The number of hydrogen-bond donors (Lipinski definition) is 1. The third-order valence-electron chi connectivity index (χ3n) is 4.29. The van der Waals surface area contributed by atoms with Crippen molar-refractivity contribution in [3.8, 4) is 0 Å². The van der Waals surface area contributed by atoms with Crippen LogP contribution in [0, 0.1) is 0 Å². The molecule has 1 aromatic heterocycles. The van der Waals surface area contributed by atoms with Gasteiger partial charge in [-0.1, -0.05) is 18.2 Å². The minimum Gasteiger partial charge on any atom is -0.343 e. The number of para-hydroxylation sites is 1. The van der Waals surface area contributed by atoms with E-state index in [2.05, 4.69) is 28.1 Å². The van der Waals surface area contributed by atoms with Crippen molar-refractivity contribution >= 4 is 10.9 Å². The molecule has 88 valence electrons. The molecular weight excluding hydrogens is 208 g/mol. The lowest BCUT2D eigenvalue weighted by molar-refractivity contribution is 0.588. The molecule has 1 N–H and O–H groups in total. The Labute approximate surface area is 102 Å². The van der Waals surface area contributed by atoms with E-state index in [1.54, 1.807) is 16.8 Å². The molecule has 0 fully saturated rings. The van der Waals surface area contributed by atoms with Crippen molar-refractivity contribution in [2.45, 2.75) is 38.8 Å². The zero-order chi connectivity index (χ0) is 11.2. The van der Waals surface area contributed by atoms with Gasteiger partial charge in [0.2, 0.25) is 0 Å². The summed E-state index contributed by atoms with van der Waals surface area (Å²) < 4.78 is 2.59. The summed E-state index contributed by atoms with van der Waals surface area (Å²) in [5.41, 5.74) is 6.27. The van der Waals surface area contributed by atoms with Gasteiger partial charge in [-0.25, -0.2) is 0 Å². The number of nitrogens with zero attached hydrogens (tertiary/aromatic N) is 1. The lowest BCUT2D eigenvalue weighted by atomic mass is 10.0. The fourth-order valence-electron chi connectivity index (χ4n) is 3.56. The van der Waals surface area contributed by atoms with Gasteiger partial charge in [0.05, 0.1) is 5.52 Å². The second kappa shape index (κ2) is 3.61. The van der Waals surface area contributed by atoms with Gasteiger partial charge >= 0.3 is 0 Å². The lowest BCUT2D eigenvalue weighted by Gasteiger charge is -2.18. The van der Waals surface area contributed by atoms with E-state index in [4.69, 9.17) is 0 Å². The van der Waals surface area contributed by atoms with Gasteiger partial charge in [-0.3, -0.25) is 0 Å². The van der Waals surface area contributed by atoms with E-state index >= 15 is 0 Å². The maximum absolute atomic E-state index is 3.56. The molecule has 0 radical (unpaired) electrons. The third-order valence-corrected chi connectivity index (χ3v) is 4.29. The molecule has 2 aliphatic rings. The monoisotopic (exact) mass is 226 g/mol. The highest BCUT2D eigenvalue weighted by atomic mass is 15.0. The van der Waals surface area contributed by atoms with Crippen molar-refractivity contribution in [2.24, 2.45) is 0 Å². The van der Waals surface area contributed by atoms with Crippen LogP contribution < -0.4 is 5.32 Å². The SMILES string of the molecule is c1cc2c3c(c1)c1c(n3CCC2)CNCCC1. The Morgan fingerprint density at radius 2 is 2.12 bits per heavy atom. The van der Waals surface area contributed by atoms with E-state index in [1.165, 1.54) is 43.1 Å². The molecule has 2 heteroatoms. The van der Waals surface area contributed by atoms with Gasteiger partial charge in [-0.05, 0) is 43.4 Å². The summed E-state index contributed by atoms with van der Waals surface area (Å²) >= 11 is 0. The highest BCUT2D eigenvalue weighted by molar-refractivity contribution is 5.88. The average molecular weight is 226 g/mol. The quantitative estimate of drug-likeness (QED) is 0.730. The molecule has 0 atom stereocenters. The van der Waals surface area contributed by atoms with Crippen LogP contribution in [0.25, 0.3) is 10.9 Å². The summed E-state index contributed by atoms with van der Waals surface area (Å²) in [7, 11) is 0. The molecule has 3 heterocycles. The van der Waals surface area contributed by atoms with Crippen molar-refractivity contribution in [1.29, 1.82) is 0 Å². The standard InChI is InChI=1S/C15H18N2/c1-4-11-5-3-9-17-14-10-16-8-2-7-12(14)13(6-1)15(11)17/h1,4,6,16H,2-3,5,7-10H2. The van der Waals surface area contributed by atoms with E-state index in [1.807, 2.05) is 0 Å². The molecular formula is C15H18N2. The Balaban J connectivity index is 2.09. The first-order chi connectivity index (χ1) is 8.45. The van der Waals surface area contributed by atoms with Crippen LogP contribution in [-0.4, -0.2) is 11.1 Å². The van der Waals surface area contributed by atoms with Crippen LogP contribution in [0.4, 0.5) is 0 Å². The molecule has 0 aliphatic carbocycles. The molecule has 0 amide bonds. The first kappa shape index (κ1) is 9.72. The third kappa shape index (κ3) is 1.31. The van der Waals surface area contributed by atoms with E-state index in [0.717, 1.165) is 13.1 Å². The number of fused-ring (bicyclic) bond motifs is 3. The van der Waals surface area contributed by atoms with E-state index < -0.39 is 0 Å². The summed E-state index contributed by atoms with van der Waals surface area (Å²) in [5, 5.41) is 5.09. The number of aryl methyl sites for hydroxylation is 3. The summed E-state index contributed by atoms with van der Waals surface area (Å²) in [4.78, 5) is 0. The van der Waals surface area contributed by atoms with Gasteiger partial charge in [0.15, 0.2) is 0 Å². The van der Waals surface area contributed by atoms with E-state index in [9.17, 15) is 0 Å². The summed E-state index contributed by atoms with van der Waals surface area (Å²) in [6, 6.07) is 6.88. The van der Waals surface area contributed by atoms with Gasteiger partial charge in [0.25, 0.3) is 0 Å². The Kier molecular flexibility index (Phi) is 2.06. The van der Waals surface area contributed by atoms with Crippen LogP contribution in [0.15, 0.2) is 18.2 Å². The highest BCUT2D eigenvalue weighted by Crippen LogP contribution is 2.34. The fraction of sp³-hybridized carbons (Fsp3) is 0.467. The van der Waals surface area contributed by atoms with Crippen molar-refractivity contribution < 1.29 is 0 Å². The molecule has 0 unspecified atom stereocenters. The number of nitrogens with one attached hydrogen (secondary N) is 1. The largest absolute Gasteiger partial charge is 0.343 e. The maximum Gasteiger partial charge on any atom is 0.0518 e. The number of aromatic nitrogens is 1. The first-order valence-corrected chi connectivity index (χ1v) is 6.78. The van der Waals surface area contributed by atoms with Gasteiger partial charge in [-0.15, -0.1) is 0 Å². The van der Waals surface area contributed by atoms with Crippen LogP contribution in [0.1, 0.15) is 29.7 Å². The Morgan fingerprint density at radius 1 is 1.12 bits per heavy atom. The zero-order valence-corrected chi connectivity index (χ0v) is 10.1. The van der Waals surface area contributed by atoms with Crippen LogP contribution >= 0.6 is 0 Å². The van der Waals surface area contributed by atoms with E-state index in [-0.39, 0.29) is 0 Å². The molecule has 1 aromatic carbocycles. The molecule has 2 nitrogen and oxygen atoms in total. The second-order valence-corrected chi connectivity index (χ2v) is 5.27. The van der Waals surface area contributed by atoms with Crippen molar-refractivity contribution in [3.05, 3.63) is 35.0 Å². The molecule has 2 aliphatic heterocycles. The van der Waals surface area contributed by atoms with Crippen LogP contribution in [-0.2, 0) is 25.9 Å². The van der Waals surface area contributed by atoms with Crippen molar-refractivity contribution in [2.75, 3.05) is 6.54 Å². The molecule has 0 saturated heterocycles. The maximum atomic E-state index is 3.56. The minimum absolute atomic E-state index is 1.06. The zero-order valence-electron chi connectivity index (χ0n) is 10.1. The Bertz CT molecular complexity index is 580. The normalized spacial score (nSPS) is 19.1. The van der Waals surface area contributed by atoms with Gasteiger partial charge in [0, 0.05) is 24.2 Å². The number of benzene rings is 1.